The fourth-order valence-electron chi connectivity index (χ4n) is 2.57. The van der Waals surface area contributed by atoms with Gasteiger partial charge in [0.2, 0.25) is 5.91 Å². The van der Waals surface area contributed by atoms with Gasteiger partial charge in [-0.1, -0.05) is 18.2 Å². The second kappa shape index (κ2) is 6.62. The molecule has 0 saturated heterocycles. The first-order valence-electron chi connectivity index (χ1n) is 7.61. The maximum absolute atomic E-state index is 12.2. The normalized spacial score (nSPS) is 10.8. The highest BCUT2D eigenvalue weighted by Gasteiger charge is 2.12. The number of rotatable bonds is 5. The Morgan fingerprint density at radius 2 is 2.04 bits per heavy atom. The van der Waals surface area contributed by atoms with Crippen molar-refractivity contribution in [1.82, 2.24) is 4.57 Å². The Balaban J connectivity index is 1.73. The van der Waals surface area contributed by atoms with E-state index in [0.717, 1.165) is 5.56 Å². The lowest BCUT2D eigenvalue weighted by Crippen LogP contribution is -2.20. The van der Waals surface area contributed by atoms with Crippen LogP contribution in [0, 0.1) is 6.92 Å². The van der Waals surface area contributed by atoms with E-state index in [4.69, 9.17) is 9.15 Å². The summed E-state index contributed by atoms with van der Waals surface area (Å²) >= 11 is 0. The fourth-order valence-corrected chi connectivity index (χ4v) is 2.57. The molecule has 24 heavy (non-hydrogen) atoms. The van der Waals surface area contributed by atoms with Crippen LogP contribution in [0.2, 0.25) is 0 Å². The standard InChI is InChI=1S/C18H18N2O4/c1-12-7-8-15(23-2)13(11-12)19-17(21)9-10-20-14-5-3-4-6-16(14)24-18(20)22/h3-8,11H,9-10H2,1-2H3,(H,19,21). The number of carbonyl (C=O) groups is 1. The van der Waals surface area contributed by atoms with Crippen molar-refractivity contribution in [2.45, 2.75) is 19.9 Å². The molecule has 0 unspecified atom stereocenters. The van der Waals surface area contributed by atoms with Gasteiger partial charge in [-0.05, 0) is 36.8 Å². The van der Waals surface area contributed by atoms with Crippen LogP contribution in [0.4, 0.5) is 5.69 Å². The number of anilines is 1. The average molecular weight is 326 g/mol. The van der Waals surface area contributed by atoms with Crippen molar-refractivity contribution in [1.29, 1.82) is 0 Å². The van der Waals surface area contributed by atoms with Crippen molar-refractivity contribution in [2.24, 2.45) is 0 Å². The number of nitrogens with one attached hydrogen (secondary N) is 1. The molecule has 0 atom stereocenters. The van der Waals surface area contributed by atoms with Crippen molar-refractivity contribution in [3.05, 3.63) is 58.6 Å². The van der Waals surface area contributed by atoms with Gasteiger partial charge in [-0.3, -0.25) is 9.36 Å². The van der Waals surface area contributed by atoms with Gasteiger partial charge in [-0.15, -0.1) is 0 Å². The Kier molecular flexibility index (Phi) is 4.37. The van der Waals surface area contributed by atoms with Crippen LogP contribution >= 0.6 is 0 Å². The number of para-hydroxylation sites is 2. The fraction of sp³-hybridized carbons (Fsp3) is 0.222. The molecule has 0 aliphatic heterocycles. The molecule has 6 nitrogen and oxygen atoms in total. The molecule has 0 spiro atoms. The molecule has 2 aromatic carbocycles. The minimum Gasteiger partial charge on any atom is -0.495 e. The zero-order valence-electron chi connectivity index (χ0n) is 13.5. The summed E-state index contributed by atoms with van der Waals surface area (Å²) in [6.45, 7) is 2.18. The summed E-state index contributed by atoms with van der Waals surface area (Å²) in [5, 5.41) is 2.82. The highest BCUT2D eigenvalue weighted by Crippen LogP contribution is 2.25. The van der Waals surface area contributed by atoms with Gasteiger partial charge in [0.25, 0.3) is 0 Å². The van der Waals surface area contributed by atoms with Crippen molar-refractivity contribution < 1.29 is 13.9 Å². The molecule has 3 rings (SSSR count). The summed E-state index contributed by atoms with van der Waals surface area (Å²) in [5.41, 5.74) is 2.83. The van der Waals surface area contributed by atoms with E-state index < -0.39 is 5.76 Å². The first-order chi connectivity index (χ1) is 11.6. The lowest BCUT2D eigenvalue weighted by atomic mass is 10.2. The van der Waals surface area contributed by atoms with Gasteiger partial charge in [-0.2, -0.15) is 0 Å². The number of aromatic nitrogens is 1. The third kappa shape index (κ3) is 3.17. The molecule has 124 valence electrons. The SMILES string of the molecule is COc1ccc(C)cc1NC(=O)CCn1c(=O)oc2ccccc21. The summed E-state index contributed by atoms with van der Waals surface area (Å²) in [6.07, 6.45) is 0.153. The molecule has 1 N–H and O–H groups in total. The van der Waals surface area contributed by atoms with Crippen LogP contribution in [0.1, 0.15) is 12.0 Å². The Labute approximate surface area is 138 Å². The predicted octanol–water partition coefficient (Wildman–Crippen LogP) is 2.94. The Morgan fingerprint density at radius 3 is 2.83 bits per heavy atom. The number of benzene rings is 2. The van der Waals surface area contributed by atoms with E-state index in [9.17, 15) is 9.59 Å². The molecule has 3 aromatic rings. The molecular formula is C18H18N2O4. The molecule has 0 fully saturated rings. The molecule has 0 aliphatic rings. The zero-order chi connectivity index (χ0) is 17.1. The quantitative estimate of drug-likeness (QED) is 0.782. The van der Waals surface area contributed by atoms with Crippen molar-refractivity contribution in [2.75, 3.05) is 12.4 Å². The van der Waals surface area contributed by atoms with E-state index in [1.807, 2.05) is 25.1 Å². The summed E-state index contributed by atoms with van der Waals surface area (Å²) in [6, 6.07) is 12.7. The van der Waals surface area contributed by atoms with Crippen LogP contribution in [0.5, 0.6) is 5.75 Å². The third-order valence-corrected chi connectivity index (χ3v) is 3.77. The summed E-state index contributed by atoms with van der Waals surface area (Å²) in [5.74, 6) is -0.0619. The molecule has 0 radical (unpaired) electrons. The number of hydrogen-bond acceptors (Lipinski definition) is 4. The molecular weight excluding hydrogens is 308 g/mol. The van der Waals surface area contributed by atoms with Gasteiger partial charge < -0.3 is 14.5 Å². The Morgan fingerprint density at radius 1 is 1.25 bits per heavy atom. The van der Waals surface area contributed by atoms with Crippen molar-refractivity contribution in [3.8, 4) is 5.75 Å². The smallest absolute Gasteiger partial charge is 0.419 e. The maximum Gasteiger partial charge on any atom is 0.419 e. The van der Waals surface area contributed by atoms with Crippen molar-refractivity contribution in [3.63, 3.8) is 0 Å². The molecule has 0 saturated carbocycles. The number of amides is 1. The molecule has 0 aliphatic carbocycles. The monoisotopic (exact) mass is 326 g/mol. The molecule has 1 heterocycles. The number of ether oxygens (including phenoxy) is 1. The van der Waals surface area contributed by atoms with E-state index in [1.54, 1.807) is 31.4 Å². The number of aryl methyl sites for hydroxylation is 2. The number of fused-ring (bicyclic) bond motifs is 1. The van der Waals surface area contributed by atoms with Crippen LogP contribution in [0.3, 0.4) is 0 Å². The Hall–Kier alpha value is -3.02. The number of hydrogen-bond donors (Lipinski definition) is 1. The highest BCUT2D eigenvalue weighted by atomic mass is 16.5. The Bertz CT molecular complexity index is 940. The maximum atomic E-state index is 12.2. The third-order valence-electron chi connectivity index (χ3n) is 3.77. The zero-order valence-corrected chi connectivity index (χ0v) is 13.5. The number of carbonyl (C=O) groups excluding carboxylic acids is 1. The van der Waals surface area contributed by atoms with Gasteiger partial charge in [0.15, 0.2) is 5.58 Å². The van der Waals surface area contributed by atoms with Crippen LogP contribution in [0.25, 0.3) is 11.1 Å². The van der Waals surface area contributed by atoms with E-state index in [1.165, 1.54) is 4.57 Å². The summed E-state index contributed by atoms with van der Waals surface area (Å²) < 4.78 is 11.9. The number of nitrogens with zero attached hydrogens (tertiary/aromatic N) is 1. The summed E-state index contributed by atoms with van der Waals surface area (Å²) in [7, 11) is 1.55. The average Bonchev–Trinajstić information content (AvgIpc) is 2.88. The lowest BCUT2D eigenvalue weighted by molar-refractivity contribution is -0.116. The number of methoxy groups -OCH3 is 1. The van der Waals surface area contributed by atoms with Crippen LogP contribution in [0.15, 0.2) is 51.7 Å². The summed E-state index contributed by atoms with van der Waals surface area (Å²) in [4.78, 5) is 24.1. The minimum atomic E-state index is -0.461. The first-order valence-corrected chi connectivity index (χ1v) is 7.61. The topological polar surface area (TPSA) is 73.5 Å². The highest BCUT2D eigenvalue weighted by molar-refractivity contribution is 5.92. The second-order valence-corrected chi connectivity index (χ2v) is 5.49. The minimum absolute atomic E-state index is 0.153. The van der Waals surface area contributed by atoms with E-state index in [2.05, 4.69) is 5.32 Å². The first kappa shape index (κ1) is 15.9. The molecule has 1 aromatic heterocycles. The van der Waals surface area contributed by atoms with Crippen LogP contribution in [-0.2, 0) is 11.3 Å². The molecule has 0 bridgehead atoms. The molecule has 1 amide bonds. The largest absolute Gasteiger partial charge is 0.495 e. The number of oxazole rings is 1. The predicted molar refractivity (Wildman–Crippen MR) is 91.5 cm³/mol. The van der Waals surface area contributed by atoms with Gasteiger partial charge in [0.1, 0.15) is 5.75 Å². The van der Waals surface area contributed by atoms with E-state index in [-0.39, 0.29) is 18.9 Å². The van der Waals surface area contributed by atoms with E-state index >= 15 is 0 Å². The van der Waals surface area contributed by atoms with Gasteiger partial charge in [0, 0.05) is 13.0 Å². The lowest BCUT2D eigenvalue weighted by Gasteiger charge is -2.11. The van der Waals surface area contributed by atoms with E-state index in [0.29, 0.717) is 22.5 Å². The van der Waals surface area contributed by atoms with Crippen LogP contribution < -0.4 is 15.8 Å². The molecule has 6 heteroatoms. The second-order valence-electron chi connectivity index (χ2n) is 5.49. The van der Waals surface area contributed by atoms with Gasteiger partial charge >= 0.3 is 5.76 Å². The van der Waals surface area contributed by atoms with Gasteiger partial charge in [0.05, 0.1) is 18.3 Å². The van der Waals surface area contributed by atoms with Crippen LogP contribution in [-0.4, -0.2) is 17.6 Å². The van der Waals surface area contributed by atoms with Crippen molar-refractivity contribution >= 4 is 22.7 Å². The van der Waals surface area contributed by atoms with Gasteiger partial charge in [-0.25, -0.2) is 4.79 Å².